The molecule has 0 atom stereocenters. The number of carbonyl (C=O) groups excluding carboxylic acids is 2. The first-order valence-corrected chi connectivity index (χ1v) is 12.8. The molecule has 8 nitrogen and oxygen atoms in total. The van der Waals surface area contributed by atoms with Crippen molar-refractivity contribution >= 4 is 11.9 Å². The van der Waals surface area contributed by atoms with Crippen molar-refractivity contribution in [3.63, 3.8) is 0 Å². The number of rotatable bonds is 9. The number of hydrogen-bond donors (Lipinski definition) is 0. The predicted octanol–water partition coefficient (Wildman–Crippen LogP) is 6.37. The molecule has 0 aliphatic heterocycles. The van der Waals surface area contributed by atoms with Crippen LogP contribution in [0.3, 0.4) is 0 Å². The SMILES string of the molecule is COC(=O)c1c(-c2ccc(OC)c(COc3ccc(-c4ccccc4)cc3)c2)nn(-c2ccccc2)c1C(=O)OC. The summed E-state index contributed by atoms with van der Waals surface area (Å²) in [6, 6.07) is 32.3. The normalized spacial score (nSPS) is 10.6. The van der Waals surface area contributed by atoms with Gasteiger partial charge in [-0.2, -0.15) is 5.10 Å². The highest BCUT2D eigenvalue weighted by atomic mass is 16.5. The van der Waals surface area contributed by atoms with Gasteiger partial charge in [-0.15, -0.1) is 0 Å². The highest BCUT2D eigenvalue weighted by molar-refractivity contribution is 6.06. The fourth-order valence-electron chi connectivity index (χ4n) is 4.53. The van der Waals surface area contributed by atoms with E-state index in [9.17, 15) is 9.59 Å². The van der Waals surface area contributed by atoms with Gasteiger partial charge in [-0.05, 0) is 53.6 Å². The van der Waals surface area contributed by atoms with Gasteiger partial charge in [-0.3, -0.25) is 0 Å². The first kappa shape index (κ1) is 27.2. The number of methoxy groups -OCH3 is 3. The predicted molar refractivity (Wildman–Crippen MR) is 154 cm³/mol. The summed E-state index contributed by atoms with van der Waals surface area (Å²) in [5.41, 5.74) is 4.31. The van der Waals surface area contributed by atoms with E-state index in [0.29, 0.717) is 22.7 Å². The second kappa shape index (κ2) is 12.2. The van der Waals surface area contributed by atoms with Crippen molar-refractivity contribution in [1.82, 2.24) is 9.78 Å². The zero-order chi connectivity index (χ0) is 28.8. The van der Waals surface area contributed by atoms with E-state index in [1.165, 1.54) is 18.9 Å². The molecule has 5 aromatic rings. The van der Waals surface area contributed by atoms with Crippen LogP contribution in [-0.2, 0) is 16.1 Å². The maximum atomic E-state index is 13.0. The molecule has 0 N–H and O–H groups in total. The van der Waals surface area contributed by atoms with Crippen molar-refractivity contribution in [3.05, 3.63) is 120 Å². The summed E-state index contributed by atoms with van der Waals surface area (Å²) in [7, 11) is 4.08. The summed E-state index contributed by atoms with van der Waals surface area (Å²) in [4.78, 5) is 25.9. The number of benzene rings is 4. The van der Waals surface area contributed by atoms with Gasteiger partial charge in [0, 0.05) is 11.1 Å². The number of carbonyl (C=O) groups is 2. The minimum absolute atomic E-state index is 0.00302. The van der Waals surface area contributed by atoms with E-state index in [4.69, 9.17) is 18.9 Å². The zero-order valence-electron chi connectivity index (χ0n) is 22.9. The lowest BCUT2D eigenvalue weighted by molar-refractivity contribution is 0.0549. The molecule has 5 rings (SSSR count). The summed E-state index contributed by atoms with van der Waals surface area (Å²) in [5.74, 6) is -0.141. The van der Waals surface area contributed by atoms with Crippen LogP contribution < -0.4 is 9.47 Å². The Morgan fingerprint density at radius 1 is 0.707 bits per heavy atom. The molecule has 41 heavy (non-hydrogen) atoms. The summed E-state index contributed by atoms with van der Waals surface area (Å²) in [6.45, 7) is 0.193. The Morgan fingerprint density at radius 2 is 1.32 bits per heavy atom. The Kier molecular flexibility index (Phi) is 8.10. The average molecular weight is 549 g/mol. The first-order valence-electron chi connectivity index (χ1n) is 12.8. The van der Waals surface area contributed by atoms with Gasteiger partial charge in [0.1, 0.15) is 29.4 Å². The van der Waals surface area contributed by atoms with Crippen LogP contribution >= 0.6 is 0 Å². The van der Waals surface area contributed by atoms with Crippen LogP contribution in [0.15, 0.2) is 103 Å². The molecule has 0 saturated carbocycles. The van der Waals surface area contributed by atoms with Crippen LogP contribution in [0.5, 0.6) is 11.5 Å². The average Bonchev–Trinajstić information content (AvgIpc) is 3.45. The Balaban J connectivity index is 1.52. The van der Waals surface area contributed by atoms with E-state index in [1.807, 2.05) is 66.7 Å². The largest absolute Gasteiger partial charge is 0.496 e. The van der Waals surface area contributed by atoms with E-state index in [1.54, 1.807) is 31.4 Å². The minimum atomic E-state index is -0.718. The van der Waals surface area contributed by atoms with Crippen LogP contribution in [0.25, 0.3) is 28.1 Å². The van der Waals surface area contributed by atoms with E-state index in [-0.39, 0.29) is 23.6 Å². The van der Waals surface area contributed by atoms with E-state index >= 15 is 0 Å². The molecule has 0 amide bonds. The molecule has 0 unspecified atom stereocenters. The summed E-state index contributed by atoms with van der Waals surface area (Å²) < 4.78 is 23.1. The van der Waals surface area contributed by atoms with Gasteiger partial charge in [-0.25, -0.2) is 14.3 Å². The molecule has 0 fully saturated rings. The minimum Gasteiger partial charge on any atom is -0.496 e. The summed E-state index contributed by atoms with van der Waals surface area (Å²) >= 11 is 0. The second-order valence-corrected chi connectivity index (χ2v) is 9.01. The van der Waals surface area contributed by atoms with Gasteiger partial charge < -0.3 is 18.9 Å². The van der Waals surface area contributed by atoms with Crippen molar-refractivity contribution in [2.45, 2.75) is 6.61 Å². The van der Waals surface area contributed by atoms with Crippen LogP contribution in [0.2, 0.25) is 0 Å². The third kappa shape index (κ3) is 5.67. The molecule has 0 saturated heterocycles. The smallest absolute Gasteiger partial charge is 0.357 e. The molecule has 1 heterocycles. The molecule has 0 radical (unpaired) electrons. The molecular formula is C33H28N2O6. The first-order chi connectivity index (χ1) is 20.0. The van der Waals surface area contributed by atoms with E-state index in [0.717, 1.165) is 16.7 Å². The van der Waals surface area contributed by atoms with Crippen molar-refractivity contribution in [1.29, 1.82) is 0 Å². The van der Waals surface area contributed by atoms with Crippen molar-refractivity contribution < 1.29 is 28.5 Å². The Labute approximate surface area is 237 Å². The molecule has 0 aliphatic rings. The number of aromatic nitrogens is 2. The van der Waals surface area contributed by atoms with Crippen LogP contribution in [0, 0.1) is 0 Å². The van der Waals surface area contributed by atoms with Crippen molar-refractivity contribution in [2.75, 3.05) is 21.3 Å². The van der Waals surface area contributed by atoms with Gasteiger partial charge >= 0.3 is 11.9 Å². The number of esters is 2. The molecule has 0 aliphatic carbocycles. The molecular weight excluding hydrogens is 520 g/mol. The van der Waals surface area contributed by atoms with E-state index in [2.05, 4.69) is 17.2 Å². The lowest BCUT2D eigenvalue weighted by atomic mass is 10.0. The van der Waals surface area contributed by atoms with Crippen molar-refractivity contribution in [2.24, 2.45) is 0 Å². The fraction of sp³-hybridized carbons (Fsp3) is 0.121. The monoisotopic (exact) mass is 548 g/mol. The highest BCUT2D eigenvalue weighted by Gasteiger charge is 2.31. The van der Waals surface area contributed by atoms with E-state index < -0.39 is 11.9 Å². The maximum absolute atomic E-state index is 13.0. The van der Waals surface area contributed by atoms with Crippen LogP contribution in [0.4, 0.5) is 0 Å². The fourth-order valence-corrected chi connectivity index (χ4v) is 4.53. The van der Waals surface area contributed by atoms with Gasteiger partial charge in [0.15, 0.2) is 5.69 Å². The Hall–Kier alpha value is -5.37. The molecule has 0 spiro atoms. The van der Waals surface area contributed by atoms with Gasteiger partial charge in [-0.1, -0.05) is 60.7 Å². The maximum Gasteiger partial charge on any atom is 0.357 e. The lowest BCUT2D eigenvalue weighted by Crippen LogP contribution is -2.15. The topological polar surface area (TPSA) is 88.9 Å². The number of nitrogens with zero attached hydrogens (tertiary/aromatic N) is 2. The summed E-state index contributed by atoms with van der Waals surface area (Å²) in [6.07, 6.45) is 0. The Morgan fingerprint density at radius 3 is 1.95 bits per heavy atom. The number of ether oxygens (including phenoxy) is 4. The van der Waals surface area contributed by atoms with Crippen molar-refractivity contribution in [3.8, 4) is 39.6 Å². The van der Waals surface area contributed by atoms with Gasteiger partial charge in [0.25, 0.3) is 0 Å². The third-order valence-electron chi connectivity index (χ3n) is 6.56. The van der Waals surface area contributed by atoms with Gasteiger partial charge in [0.05, 0.1) is 27.0 Å². The molecule has 0 bridgehead atoms. The quantitative estimate of drug-likeness (QED) is 0.198. The molecule has 206 valence electrons. The van der Waals surface area contributed by atoms with Crippen LogP contribution in [0.1, 0.15) is 26.4 Å². The highest BCUT2D eigenvalue weighted by Crippen LogP contribution is 2.33. The standard InChI is InChI=1S/C33H28N2O6/c1-38-28-19-16-24(20-25(28)21-41-27-17-14-23(15-18-27)22-10-6-4-7-11-22)30-29(32(36)39-2)31(33(37)40-3)35(34-30)26-12-8-5-9-13-26/h4-20H,21H2,1-3H3. The second-order valence-electron chi connectivity index (χ2n) is 9.01. The number of para-hydroxylation sites is 1. The molecule has 4 aromatic carbocycles. The molecule has 8 heteroatoms. The lowest BCUT2D eigenvalue weighted by Gasteiger charge is -2.12. The Bertz CT molecular complexity index is 1660. The number of hydrogen-bond acceptors (Lipinski definition) is 7. The summed E-state index contributed by atoms with van der Waals surface area (Å²) in [5, 5.41) is 4.68. The van der Waals surface area contributed by atoms with Gasteiger partial charge in [0.2, 0.25) is 0 Å². The van der Waals surface area contributed by atoms with Crippen LogP contribution in [-0.4, -0.2) is 43.0 Å². The zero-order valence-corrected chi connectivity index (χ0v) is 22.9. The third-order valence-corrected chi connectivity index (χ3v) is 6.56. The molecule has 1 aromatic heterocycles.